The second-order valence-corrected chi connectivity index (χ2v) is 4.96. The predicted octanol–water partition coefficient (Wildman–Crippen LogP) is 2.15. The lowest BCUT2D eigenvalue weighted by Crippen LogP contribution is -2.21. The first kappa shape index (κ1) is 12.4. The van der Waals surface area contributed by atoms with Crippen LogP contribution >= 0.6 is 0 Å². The zero-order valence-electron chi connectivity index (χ0n) is 11.4. The largest absolute Gasteiger partial charge is 0.372 e. The minimum absolute atomic E-state index is 0.199. The number of hydrogen-bond acceptors (Lipinski definition) is 3. The number of ether oxygens (including phenoxy) is 1. The summed E-state index contributed by atoms with van der Waals surface area (Å²) >= 11 is 0. The highest BCUT2D eigenvalue weighted by atomic mass is 16.5. The average molecular weight is 257 g/mol. The van der Waals surface area contributed by atoms with Crippen molar-refractivity contribution in [2.75, 3.05) is 6.54 Å². The number of fused-ring (bicyclic) bond motifs is 1. The molecule has 1 unspecified atom stereocenters. The maximum absolute atomic E-state index is 5.48. The van der Waals surface area contributed by atoms with Crippen molar-refractivity contribution in [1.29, 1.82) is 0 Å². The third-order valence-electron chi connectivity index (χ3n) is 3.55. The molecular weight excluding hydrogens is 238 g/mol. The van der Waals surface area contributed by atoms with Gasteiger partial charge in [-0.2, -0.15) is 5.10 Å². The molecule has 0 spiro atoms. The van der Waals surface area contributed by atoms with Crippen LogP contribution in [0.1, 0.15) is 35.2 Å². The molecule has 1 aromatic heterocycles. The van der Waals surface area contributed by atoms with Crippen LogP contribution in [0, 0.1) is 0 Å². The van der Waals surface area contributed by atoms with E-state index in [-0.39, 0.29) is 6.04 Å². The van der Waals surface area contributed by atoms with Crippen LogP contribution in [0.2, 0.25) is 0 Å². The molecule has 100 valence electrons. The number of nitrogens with zero attached hydrogens (tertiary/aromatic N) is 2. The Hall–Kier alpha value is -1.65. The second-order valence-electron chi connectivity index (χ2n) is 4.96. The van der Waals surface area contributed by atoms with Gasteiger partial charge in [-0.3, -0.25) is 4.68 Å². The van der Waals surface area contributed by atoms with Crippen LogP contribution in [-0.4, -0.2) is 16.3 Å². The highest BCUT2D eigenvalue weighted by Gasteiger charge is 2.18. The topological polar surface area (TPSA) is 39.1 Å². The molecule has 1 aliphatic heterocycles. The molecule has 2 aromatic rings. The van der Waals surface area contributed by atoms with Crippen LogP contribution in [0.25, 0.3) is 0 Å². The molecule has 3 rings (SSSR count). The number of aryl methyl sites for hydroxylation is 1. The molecule has 1 atom stereocenters. The molecule has 1 aliphatic rings. The molecule has 2 heterocycles. The quantitative estimate of drug-likeness (QED) is 0.912. The van der Waals surface area contributed by atoms with Gasteiger partial charge in [-0.15, -0.1) is 0 Å². The standard InChI is InChI=1S/C15H19N3O/c1-3-16-15(14-7-17-18(2)8-14)11-4-5-12-9-19-10-13(12)6-11/h4-8,15-16H,3,9-10H2,1-2H3. The van der Waals surface area contributed by atoms with Crippen LogP contribution in [0.15, 0.2) is 30.6 Å². The van der Waals surface area contributed by atoms with Gasteiger partial charge < -0.3 is 10.1 Å². The molecule has 0 radical (unpaired) electrons. The SMILES string of the molecule is CCNC(c1ccc2c(c1)COC2)c1cnn(C)c1. The molecule has 1 aromatic carbocycles. The summed E-state index contributed by atoms with van der Waals surface area (Å²) in [6.45, 7) is 4.52. The van der Waals surface area contributed by atoms with Gasteiger partial charge in [0.05, 0.1) is 25.5 Å². The first-order valence-electron chi connectivity index (χ1n) is 6.69. The van der Waals surface area contributed by atoms with Crippen LogP contribution in [0.4, 0.5) is 0 Å². The number of aromatic nitrogens is 2. The van der Waals surface area contributed by atoms with Gasteiger partial charge >= 0.3 is 0 Å². The molecule has 0 fully saturated rings. The number of benzene rings is 1. The Morgan fingerprint density at radius 1 is 1.32 bits per heavy atom. The zero-order valence-corrected chi connectivity index (χ0v) is 11.4. The molecule has 0 bridgehead atoms. The van der Waals surface area contributed by atoms with Crippen molar-refractivity contribution in [2.24, 2.45) is 7.05 Å². The van der Waals surface area contributed by atoms with Gasteiger partial charge in [0.25, 0.3) is 0 Å². The Kier molecular flexibility index (Phi) is 3.36. The summed E-state index contributed by atoms with van der Waals surface area (Å²) in [5.41, 5.74) is 5.09. The molecule has 19 heavy (non-hydrogen) atoms. The summed E-state index contributed by atoms with van der Waals surface area (Å²) in [6.07, 6.45) is 3.99. The summed E-state index contributed by atoms with van der Waals surface area (Å²) in [7, 11) is 1.95. The third-order valence-corrected chi connectivity index (χ3v) is 3.55. The van der Waals surface area contributed by atoms with Crippen molar-refractivity contribution in [1.82, 2.24) is 15.1 Å². The highest BCUT2D eigenvalue weighted by Crippen LogP contribution is 2.27. The zero-order chi connectivity index (χ0) is 13.2. The Balaban J connectivity index is 1.95. The maximum atomic E-state index is 5.48. The summed E-state index contributed by atoms with van der Waals surface area (Å²) in [5, 5.41) is 7.80. The van der Waals surface area contributed by atoms with Crippen LogP contribution in [-0.2, 0) is 25.0 Å². The van der Waals surface area contributed by atoms with Crippen LogP contribution < -0.4 is 5.32 Å². The second kappa shape index (κ2) is 5.15. The molecule has 4 heteroatoms. The van der Waals surface area contributed by atoms with Gasteiger partial charge in [-0.1, -0.05) is 25.1 Å². The normalized spacial score (nSPS) is 15.5. The molecule has 0 aliphatic carbocycles. The van der Waals surface area contributed by atoms with Gasteiger partial charge in [0, 0.05) is 18.8 Å². The number of nitrogens with one attached hydrogen (secondary N) is 1. The molecule has 0 saturated heterocycles. The fourth-order valence-electron chi connectivity index (χ4n) is 2.59. The molecule has 0 amide bonds. The van der Waals surface area contributed by atoms with E-state index in [1.807, 2.05) is 17.9 Å². The molecule has 0 saturated carbocycles. The van der Waals surface area contributed by atoms with E-state index in [1.54, 1.807) is 0 Å². The average Bonchev–Trinajstić information content (AvgIpc) is 3.03. The lowest BCUT2D eigenvalue weighted by molar-refractivity contribution is 0.134. The summed E-state index contributed by atoms with van der Waals surface area (Å²) in [5.74, 6) is 0. The van der Waals surface area contributed by atoms with Crippen LogP contribution in [0.3, 0.4) is 0 Å². The van der Waals surface area contributed by atoms with Crippen molar-refractivity contribution in [3.8, 4) is 0 Å². The number of hydrogen-bond donors (Lipinski definition) is 1. The van der Waals surface area contributed by atoms with Crippen molar-refractivity contribution in [2.45, 2.75) is 26.2 Å². The van der Waals surface area contributed by atoms with Gasteiger partial charge in [0.15, 0.2) is 0 Å². The lowest BCUT2D eigenvalue weighted by Gasteiger charge is -2.17. The fraction of sp³-hybridized carbons (Fsp3) is 0.400. The van der Waals surface area contributed by atoms with E-state index in [4.69, 9.17) is 4.74 Å². The summed E-state index contributed by atoms with van der Waals surface area (Å²) < 4.78 is 7.33. The Bertz CT molecular complexity index is 577. The maximum Gasteiger partial charge on any atom is 0.0725 e. The molecule has 1 N–H and O–H groups in total. The Morgan fingerprint density at radius 3 is 2.89 bits per heavy atom. The van der Waals surface area contributed by atoms with E-state index in [1.165, 1.54) is 22.3 Å². The van der Waals surface area contributed by atoms with E-state index < -0.39 is 0 Å². The Morgan fingerprint density at radius 2 is 2.16 bits per heavy atom. The highest BCUT2D eigenvalue weighted by molar-refractivity contribution is 5.38. The first-order valence-corrected chi connectivity index (χ1v) is 6.69. The van der Waals surface area contributed by atoms with Gasteiger partial charge in [-0.25, -0.2) is 0 Å². The lowest BCUT2D eigenvalue weighted by atomic mass is 9.97. The van der Waals surface area contributed by atoms with Crippen molar-refractivity contribution >= 4 is 0 Å². The minimum Gasteiger partial charge on any atom is -0.372 e. The van der Waals surface area contributed by atoms with Crippen molar-refractivity contribution < 1.29 is 4.74 Å². The monoisotopic (exact) mass is 257 g/mol. The first-order chi connectivity index (χ1) is 9.28. The van der Waals surface area contributed by atoms with Gasteiger partial charge in [0.2, 0.25) is 0 Å². The molecular formula is C15H19N3O. The van der Waals surface area contributed by atoms with Crippen molar-refractivity contribution in [3.63, 3.8) is 0 Å². The van der Waals surface area contributed by atoms with Gasteiger partial charge in [0.1, 0.15) is 0 Å². The van der Waals surface area contributed by atoms with E-state index in [0.29, 0.717) is 0 Å². The molecule has 4 nitrogen and oxygen atoms in total. The number of rotatable bonds is 4. The van der Waals surface area contributed by atoms with Crippen LogP contribution in [0.5, 0.6) is 0 Å². The van der Waals surface area contributed by atoms with E-state index in [2.05, 4.69) is 41.7 Å². The van der Waals surface area contributed by atoms with Crippen molar-refractivity contribution in [3.05, 3.63) is 52.8 Å². The van der Waals surface area contributed by atoms with Gasteiger partial charge in [-0.05, 0) is 23.2 Å². The van der Waals surface area contributed by atoms with E-state index in [9.17, 15) is 0 Å². The fourth-order valence-corrected chi connectivity index (χ4v) is 2.59. The van der Waals surface area contributed by atoms with E-state index >= 15 is 0 Å². The van der Waals surface area contributed by atoms with E-state index in [0.717, 1.165) is 19.8 Å². The Labute approximate surface area is 113 Å². The smallest absolute Gasteiger partial charge is 0.0725 e. The third kappa shape index (κ3) is 2.41. The summed E-state index contributed by atoms with van der Waals surface area (Å²) in [4.78, 5) is 0. The predicted molar refractivity (Wildman–Crippen MR) is 73.7 cm³/mol. The summed E-state index contributed by atoms with van der Waals surface area (Å²) in [6, 6.07) is 6.82. The minimum atomic E-state index is 0.199.